The van der Waals surface area contributed by atoms with Gasteiger partial charge in [0.2, 0.25) is 5.91 Å². The van der Waals surface area contributed by atoms with Gasteiger partial charge in [-0.3, -0.25) is 9.78 Å². The maximum Gasteiger partial charge on any atom is 0.217 e. The molecule has 4 rings (SSSR count). The van der Waals surface area contributed by atoms with E-state index in [1.807, 2.05) is 19.2 Å². The number of rotatable bonds is 8. The highest BCUT2D eigenvalue weighted by atomic mass is 19.1. The molecule has 0 unspecified atom stereocenters. The van der Waals surface area contributed by atoms with E-state index in [0.717, 1.165) is 42.1 Å². The van der Waals surface area contributed by atoms with E-state index >= 15 is 0 Å². The monoisotopic (exact) mass is 479 g/mol. The topological polar surface area (TPSA) is 74.2 Å². The van der Waals surface area contributed by atoms with Crippen LogP contribution in [0.3, 0.4) is 0 Å². The molecule has 3 N–H and O–H groups in total. The zero-order chi connectivity index (χ0) is 24.9. The van der Waals surface area contributed by atoms with E-state index in [0.29, 0.717) is 5.56 Å². The average molecular weight is 480 g/mol. The second kappa shape index (κ2) is 11.1. The zero-order valence-electron chi connectivity index (χ0n) is 20.0. The Bertz CT molecular complexity index is 1160. The van der Waals surface area contributed by atoms with Crippen molar-refractivity contribution in [3.63, 3.8) is 0 Å². The van der Waals surface area contributed by atoms with Crippen LogP contribution in [0.15, 0.2) is 54.7 Å². The maximum atomic E-state index is 13.6. The number of hydrogen-bond donors (Lipinski definition) is 3. The third-order valence-corrected chi connectivity index (χ3v) is 6.51. The Morgan fingerprint density at radius 1 is 1.11 bits per heavy atom. The molecule has 0 radical (unpaired) electrons. The predicted molar refractivity (Wildman–Crippen MR) is 132 cm³/mol. The SMILES string of the molecule is CC(=O)N[C@@H](Cc1cc(F)cc(F)c1)[C@H](O)CN[C@H]1CCCc2ccc(-c3ccc(C)nc3)cc21. The van der Waals surface area contributed by atoms with Crippen LogP contribution in [0.4, 0.5) is 8.78 Å². The molecule has 0 fully saturated rings. The van der Waals surface area contributed by atoms with Crippen LogP contribution in [0.2, 0.25) is 0 Å². The largest absolute Gasteiger partial charge is 0.390 e. The minimum atomic E-state index is -0.944. The highest BCUT2D eigenvalue weighted by Gasteiger charge is 2.25. The maximum absolute atomic E-state index is 13.6. The minimum Gasteiger partial charge on any atom is -0.390 e. The molecule has 0 saturated carbocycles. The normalized spacial score (nSPS) is 16.9. The summed E-state index contributed by atoms with van der Waals surface area (Å²) in [4.78, 5) is 16.2. The van der Waals surface area contributed by atoms with Gasteiger partial charge in [0.1, 0.15) is 11.6 Å². The number of aryl methyl sites for hydroxylation is 2. The summed E-state index contributed by atoms with van der Waals surface area (Å²) in [7, 11) is 0. The van der Waals surface area contributed by atoms with Crippen molar-refractivity contribution in [2.45, 2.75) is 57.7 Å². The first-order valence-electron chi connectivity index (χ1n) is 12.0. The second-order valence-electron chi connectivity index (χ2n) is 9.31. The van der Waals surface area contributed by atoms with Gasteiger partial charge in [-0.25, -0.2) is 8.78 Å². The standard InChI is InChI=1S/C28H31F2N3O2/c1-17-6-7-22(15-31-17)21-9-8-20-4-3-5-26(25(20)13-21)32-16-28(35)27(33-18(2)34)12-19-10-23(29)14-24(30)11-19/h6-11,13-15,26-28,32,35H,3-5,12,16H2,1-2H3,(H,33,34)/t26-,27-,28+/m0/s1. The lowest BCUT2D eigenvalue weighted by atomic mass is 9.85. The summed E-state index contributed by atoms with van der Waals surface area (Å²) in [5.74, 6) is -1.69. The number of hydrogen-bond acceptors (Lipinski definition) is 4. The van der Waals surface area contributed by atoms with Gasteiger partial charge in [-0.05, 0) is 79.1 Å². The molecule has 0 aliphatic heterocycles. The van der Waals surface area contributed by atoms with Crippen LogP contribution < -0.4 is 10.6 Å². The summed E-state index contributed by atoms with van der Waals surface area (Å²) in [5, 5.41) is 17.1. The lowest BCUT2D eigenvalue weighted by molar-refractivity contribution is -0.120. The molecule has 3 atom stereocenters. The number of halogens is 2. The molecule has 1 aliphatic carbocycles. The molecule has 0 spiro atoms. The number of fused-ring (bicyclic) bond motifs is 1. The van der Waals surface area contributed by atoms with Crippen molar-refractivity contribution < 1.29 is 18.7 Å². The highest BCUT2D eigenvalue weighted by Crippen LogP contribution is 2.33. The van der Waals surface area contributed by atoms with Crippen molar-refractivity contribution in [2.24, 2.45) is 0 Å². The van der Waals surface area contributed by atoms with Gasteiger partial charge in [0.25, 0.3) is 0 Å². The van der Waals surface area contributed by atoms with Crippen LogP contribution in [0, 0.1) is 18.6 Å². The average Bonchev–Trinajstić information content (AvgIpc) is 2.81. The van der Waals surface area contributed by atoms with E-state index in [1.165, 1.54) is 30.2 Å². The fraction of sp³-hybridized carbons (Fsp3) is 0.357. The molecule has 2 aromatic carbocycles. The number of aliphatic hydroxyl groups is 1. The Morgan fingerprint density at radius 2 is 1.86 bits per heavy atom. The van der Waals surface area contributed by atoms with Gasteiger partial charge < -0.3 is 15.7 Å². The molecule has 3 aromatic rings. The van der Waals surface area contributed by atoms with Crippen LogP contribution in [0.1, 0.15) is 48.2 Å². The van der Waals surface area contributed by atoms with Gasteiger partial charge >= 0.3 is 0 Å². The van der Waals surface area contributed by atoms with Crippen molar-refractivity contribution in [1.82, 2.24) is 15.6 Å². The van der Waals surface area contributed by atoms with Gasteiger partial charge in [-0.15, -0.1) is 0 Å². The van der Waals surface area contributed by atoms with E-state index in [9.17, 15) is 18.7 Å². The van der Waals surface area contributed by atoms with E-state index in [4.69, 9.17) is 0 Å². The van der Waals surface area contributed by atoms with Crippen LogP contribution in [0.5, 0.6) is 0 Å². The zero-order valence-corrected chi connectivity index (χ0v) is 20.0. The number of nitrogens with one attached hydrogen (secondary N) is 2. The van der Waals surface area contributed by atoms with E-state index < -0.39 is 23.8 Å². The number of aromatic nitrogens is 1. The van der Waals surface area contributed by atoms with Crippen molar-refractivity contribution in [2.75, 3.05) is 6.54 Å². The molecule has 5 nitrogen and oxygen atoms in total. The molecule has 35 heavy (non-hydrogen) atoms. The molecule has 1 amide bonds. The van der Waals surface area contributed by atoms with E-state index in [1.54, 1.807) is 0 Å². The van der Waals surface area contributed by atoms with Gasteiger partial charge in [-0.1, -0.05) is 18.2 Å². The van der Waals surface area contributed by atoms with Gasteiger partial charge in [0.15, 0.2) is 0 Å². The smallest absolute Gasteiger partial charge is 0.217 e. The van der Waals surface area contributed by atoms with Gasteiger partial charge in [0.05, 0.1) is 12.1 Å². The van der Waals surface area contributed by atoms with Crippen molar-refractivity contribution in [3.8, 4) is 11.1 Å². The molecular formula is C28H31F2N3O2. The number of amides is 1. The molecule has 0 bridgehead atoms. The third-order valence-electron chi connectivity index (χ3n) is 6.51. The van der Waals surface area contributed by atoms with Gasteiger partial charge in [0, 0.05) is 43.0 Å². The summed E-state index contributed by atoms with van der Waals surface area (Å²) in [6.45, 7) is 3.54. The first kappa shape index (κ1) is 24.9. The molecule has 1 aliphatic rings. The fourth-order valence-electron chi connectivity index (χ4n) is 4.76. The van der Waals surface area contributed by atoms with Crippen LogP contribution >= 0.6 is 0 Å². The number of carbonyl (C=O) groups excluding carboxylic acids is 1. The molecule has 1 heterocycles. The first-order chi connectivity index (χ1) is 16.8. The van der Waals surface area contributed by atoms with Gasteiger partial charge in [-0.2, -0.15) is 0 Å². The van der Waals surface area contributed by atoms with Crippen molar-refractivity contribution in [3.05, 3.63) is 88.7 Å². The Labute approximate surface area is 204 Å². The summed E-state index contributed by atoms with van der Waals surface area (Å²) < 4.78 is 27.3. The Morgan fingerprint density at radius 3 is 2.54 bits per heavy atom. The third kappa shape index (κ3) is 6.50. The fourth-order valence-corrected chi connectivity index (χ4v) is 4.76. The van der Waals surface area contributed by atoms with Crippen molar-refractivity contribution in [1.29, 1.82) is 0 Å². The van der Waals surface area contributed by atoms with Crippen LogP contribution in [0.25, 0.3) is 11.1 Å². The molecule has 7 heteroatoms. The Hall–Kier alpha value is -3.16. The molecule has 1 aromatic heterocycles. The lowest BCUT2D eigenvalue weighted by Gasteiger charge is -2.30. The number of benzene rings is 2. The number of carbonyl (C=O) groups is 1. The Kier molecular flexibility index (Phi) is 7.88. The predicted octanol–water partition coefficient (Wildman–Crippen LogP) is 4.41. The number of pyridine rings is 1. The van der Waals surface area contributed by atoms with E-state index in [2.05, 4.69) is 39.9 Å². The first-order valence-corrected chi connectivity index (χ1v) is 12.0. The van der Waals surface area contributed by atoms with Crippen molar-refractivity contribution >= 4 is 5.91 Å². The second-order valence-corrected chi connectivity index (χ2v) is 9.31. The summed E-state index contributed by atoms with van der Waals surface area (Å²) in [6, 6.07) is 13.1. The highest BCUT2D eigenvalue weighted by molar-refractivity contribution is 5.73. The van der Waals surface area contributed by atoms with E-state index in [-0.39, 0.29) is 24.9 Å². The summed E-state index contributed by atoms with van der Waals surface area (Å²) in [5.41, 5.74) is 5.96. The Balaban J connectivity index is 1.48. The number of aliphatic hydroxyl groups excluding tert-OH is 1. The molecule has 184 valence electrons. The lowest BCUT2D eigenvalue weighted by Crippen LogP contribution is -2.48. The summed E-state index contributed by atoms with van der Waals surface area (Å²) >= 11 is 0. The quantitative estimate of drug-likeness (QED) is 0.448. The molecular weight excluding hydrogens is 448 g/mol. The number of nitrogens with zero attached hydrogens (tertiary/aromatic N) is 1. The van der Waals surface area contributed by atoms with Crippen LogP contribution in [-0.4, -0.2) is 34.7 Å². The van der Waals surface area contributed by atoms with Crippen LogP contribution in [-0.2, 0) is 17.6 Å². The summed E-state index contributed by atoms with van der Waals surface area (Å²) in [6.07, 6.45) is 4.00. The molecule has 0 saturated heterocycles. The minimum absolute atomic E-state index is 0.0522.